The maximum absolute atomic E-state index is 9.81. The third-order valence-electron chi connectivity index (χ3n) is 6.84. The molecule has 3 aliphatic rings. The Kier molecular flexibility index (Phi) is 3.75. The van der Waals surface area contributed by atoms with Crippen LogP contribution < -0.4 is 0 Å². The summed E-state index contributed by atoms with van der Waals surface area (Å²) in [7, 11) is 0. The van der Waals surface area contributed by atoms with Gasteiger partial charge in [-0.3, -0.25) is 10.00 Å². The summed E-state index contributed by atoms with van der Waals surface area (Å²) < 4.78 is 6.36. The highest BCUT2D eigenvalue weighted by Crippen LogP contribution is 2.54. The first kappa shape index (κ1) is 16.5. The van der Waals surface area contributed by atoms with Gasteiger partial charge in [0.05, 0.1) is 23.6 Å². The SMILES string of the molecule is Cc1ccc(C)c(-c2[nH]ncc2CN2C[C@@H]3[C@H](CO)[C@H]4CC[C@]3(C2)O4)c1. The van der Waals surface area contributed by atoms with Crippen LogP contribution in [-0.2, 0) is 11.3 Å². The third-order valence-corrected chi connectivity index (χ3v) is 6.84. The molecule has 0 aliphatic carbocycles. The zero-order valence-corrected chi connectivity index (χ0v) is 15.5. The smallest absolute Gasteiger partial charge is 0.0858 e. The Labute approximate surface area is 154 Å². The Hall–Kier alpha value is -1.69. The van der Waals surface area contributed by atoms with Gasteiger partial charge in [-0.15, -0.1) is 0 Å². The van der Waals surface area contributed by atoms with Crippen LogP contribution in [0.1, 0.15) is 29.5 Å². The number of rotatable bonds is 4. The Morgan fingerprint density at radius 3 is 3.12 bits per heavy atom. The van der Waals surface area contributed by atoms with Crippen molar-refractivity contribution in [3.63, 3.8) is 0 Å². The summed E-state index contributed by atoms with van der Waals surface area (Å²) in [6.07, 6.45) is 4.50. The van der Waals surface area contributed by atoms with Crippen molar-refractivity contribution in [3.05, 3.63) is 41.1 Å². The number of hydrogen-bond acceptors (Lipinski definition) is 4. The number of nitrogens with zero attached hydrogens (tertiary/aromatic N) is 2. The molecule has 3 saturated heterocycles. The van der Waals surface area contributed by atoms with Crippen molar-refractivity contribution in [2.24, 2.45) is 11.8 Å². The third kappa shape index (κ3) is 2.38. The largest absolute Gasteiger partial charge is 0.396 e. The monoisotopic (exact) mass is 353 g/mol. The van der Waals surface area contributed by atoms with Crippen LogP contribution in [0.5, 0.6) is 0 Å². The predicted molar refractivity (Wildman–Crippen MR) is 99.7 cm³/mol. The van der Waals surface area contributed by atoms with E-state index >= 15 is 0 Å². The van der Waals surface area contributed by atoms with E-state index in [-0.39, 0.29) is 18.3 Å². The average molecular weight is 353 g/mol. The number of aromatic nitrogens is 2. The van der Waals surface area contributed by atoms with E-state index in [4.69, 9.17) is 4.74 Å². The molecule has 3 fully saturated rings. The van der Waals surface area contributed by atoms with Crippen LogP contribution in [0.2, 0.25) is 0 Å². The van der Waals surface area contributed by atoms with Gasteiger partial charge in [-0.05, 0) is 38.3 Å². The molecule has 1 aromatic heterocycles. The molecular formula is C21H27N3O2. The second-order valence-electron chi connectivity index (χ2n) is 8.47. The summed E-state index contributed by atoms with van der Waals surface area (Å²) >= 11 is 0. The van der Waals surface area contributed by atoms with Gasteiger partial charge in [0.1, 0.15) is 0 Å². The second-order valence-corrected chi connectivity index (χ2v) is 8.47. The van der Waals surface area contributed by atoms with E-state index in [1.807, 2.05) is 6.20 Å². The fourth-order valence-corrected chi connectivity index (χ4v) is 5.56. The first-order valence-corrected chi connectivity index (χ1v) is 9.70. The number of aliphatic hydroxyl groups is 1. The molecular weight excluding hydrogens is 326 g/mol. The molecule has 0 amide bonds. The maximum Gasteiger partial charge on any atom is 0.0858 e. The van der Waals surface area contributed by atoms with Gasteiger partial charge in [0, 0.05) is 49.2 Å². The van der Waals surface area contributed by atoms with Crippen LogP contribution in [0.25, 0.3) is 11.3 Å². The quantitative estimate of drug-likeness (QED) is 0.887. The highest BCUT2D eigenvalue weighted by molar-refractivity contribution is 5.67. The van der Waals surface area contributed by atoms with E-state index in [0.29, 0.717) is 11.8 Å². The van der Waals surface area contributed by atoms with Crippen molar-refractivity contribution >= 4 is 0 Å². The number of aromatic amines is 1. The van der Waals surface area contributed by atoms with E-state index < -0.39 is 0 Å². The van der Waals surface area contributed by atoms with E-state index in [1.165, 1.54) is 22.3 Å². The van der Waals surface area contributed by atoms with E-state index in [1.54, 1.807) is 0 Å². The maximum atomic E-state index is 9.81. The average Bonchev–Trinajstić information content (AvgIpc) is 3.36. The molecule has 2 bridgehead atoms. The molecule has 5 nitrogen and oxygen atoms in total. The number of aliphatic hydroxyl groups excluding tert-OH is 1. The minimum Gasteiger partial charge on any atom is -0.396 e. The first-order chi connectivity index (χ1) is 12.6. The molecule has 138 valence electrons. The Bertz CT molecular complexity index is 832. The molecule has 0 unspecified atom stereocenters. The van der Waals surface area contributed by atoms with Crippen molar-refractivity contribution in [1.82, 2.24) is 15.1 Å². The summed E-state index contributed by atoms with van der Waals surface area (Å²) in [5.74, 6) is 0.791. The van der Waals surface area contributed by atoms with E-state index in [2.05, 4.69) is 47.1 Å². The van der Waals surface area contributed by atoms with Crippen LogP contribution in [0, 0.1) is 25.7 Å². The van der Waals surface area contributed by atoms with Gasteiger partial charge in [0.15, 0.2) is 0 Å². The van der Waals surface area contributed by atoms with Gasteiger partial charge < -0.3 is 9.84 Å². The number of fused-ring (bicyclic) bond motifs is 1. The zero-order valence-electron chi connectivity index (χ0n) is 15.5. The minimum atomic E-state index is -0.0127. The predicted octanol–water partition coefficient (Wildman–Crippen LogP) is 2.67. The summed E-state index contributed by atoms with van der Waals surface area (Å²) in [5, 5.41) is 17.4. The molecule has 4 heterocycles. The van der Waals surface area contributed by atoms with Crippen LogP contribution in [-0.4, -0.2) is 51.6 Å². The molecule has 2 N–H and O–H groups in total. The second kappa shape index (κ2) is 5.91. The highest BCUT2D eigenvalue weighted by atomic mass is 16.5. The Balaban J connectivity index is 1.39. The van der Waals surface area contributed by atoms with Gasteiger partial charge in [-0.1, -0.05) is 17.7 Å². The number of likely N-dealkylation sites (tertiary alicyclic amines) is 1. The summed E-state index contributed by atoms with van der Waals surface area (Å²) in [5.41, 5.74) is 6.12. The zero-order chi connectivity index (χ0) is 17.9. The molecule has 5 rings (SSSR count). The number of ether oxygens (including phenoxy) is 1. The van der Waals surface area contributed by atoms with Gasteiger partial charge in [0.2, 0.25) is 0 Å². The lowest BCUT2D eigenvalue weighted by molar-refractivity contribution is 0.000391. The summed E-state index contributed by atoms with van der Waals surface area (Å²) in [4.78, 5) is 2.49. The number of benzene rings is 1. The number of aryl methyl sites for hydroxylation is 2. The number of hydrogen-bond donors (Lipinski definition) is 2. The van der Waals surface area contributed by atoms with Gasteiger partial charge >= 0.3 is 0 Å². The normalized spacial score (nSPS) is 33.1. The Morgan fingerprint density at radius 2 is 2.27 bits per heavy atom. The Morgan fingerprint density at radius 1 is 1.38 bits per heavy atom. The lowest BCUT2D eigenvalue weighted by atomic mass is 9.74. The number of H-pyrrole nitrogens is 1. The van der Waals surface area contributed by atoms with Gasteiger partial charge in [0.25, 0.3) is 0 Å². The fourth-order valence-electron chi connectivity index (χ4n) is 5.56. The molecule has 5 heteroatoms. The fraction of sp³-hybridized carbons (Fsp3) is 0.571. The first-order valence-electron chi connectivity index (χ1n) is 9.70. The standard InChI is InChI=1S/C21H27N3O2/c1-13-3-4-14(2)16(7-13)20-15(8-22-23-20)9-24-10-18-17(11-25)19-5-6-21(18,12-24)26-19/h3-4,7-8,17-19,25H,5-6,9-12H2,1-2H3,(H,22,23)/t17-,18+,19+,21+/m0/s1. The van der Waals surface area contributed by atoms with Crippen LogP contribution in [0.4, 0.5) is 0 Å². The van der Waals surface area contributed by atoms with Gasteiger partial charge in [-0.2, -0.15) is 5.10 Å². The topological polar surface area (TPSA) is 61.4 Å². The number of nitrogens with one attached hydrogen (secondary N) is 1. The molecule has 2 aromatic rings. The van der Waals surface area contributed by atoms with E-state index in [0.717, 1.165) is 38.2 Å². The molecule has 3 aliphatic heterocycles. The summed E-state index contributed by atoms with van der Waals surface area (Å²) in [6, 6.07) is 6.56. The van der Waals surface area contributed by atoms with Crippen molar-refractivity contribution in [3.8, 4) is 11.3 Å². The van der Waals surface area contributed by atoms with Crippen molar-refractivity contribution in [1.29, 1.82) is 0 Å². The highest BCUT2D eigenvalue weighted by Gasteiger charge is 2.62. The molecule has 0 radical (unpaired) electrons. The summed E-state index contributed by atoms with van der Waals surface area (Å²) in [6.45, 7) is 7.40. The van der Waals surface area contributed by atoms with Crippen LogP contribution >= 0.6 is 0 Å². The molecule has 1 aromatic carbocycles. The lowest BCUT2D eigenvalue weighted by Crippen LogP contribution is -2.37. The van der Waals surface area contributed by atoms with Crippen LogP contribution in [0.3, 0.4) is 0 Å². The van der Waals surface area contributed by atoms with Crippen molar-refractivity contribution < 1.29 is 9.84 Å². The minimum absolute atomic E-state index is 0.0127. The van der Waals surface area contributed by atoms with Crippen molar-refractivity contribution in [2.45, 2.75) is 44.9 Å². The lowest BCUT2D eigenvalue weighted by Gasteiger charge is -2.28. The molecule has 1 spiro atoms. The van der Waals surface area contributed by atoms with Crippen molar-refractivity contribution in [2.75, 3.05) is 19.7 Å². The van der Waals surface area contributed by atoms with Gasteiger partial charge in [-0.25, -0.2) is 0 Å². The van der Waals surface area contributed by atoms with Crippen LogP contribution in [0.15, 0.2) is 24.4 Å². The molecule has 26 heavy (non-hydrogen) atoms. The van der Waals surface area contributed by atoms with E-state index in [9.17, 15) is 5.11 Å². The molecule has 4 atom stereocenters. The molecule has 0 saturated carbocycles.